The van der Waals surface area contributed by atoms with Crippen molar-refractivity contribution in [3.8, 4) is 77.9 Å². The van der Waals surface area contributed by atoms with Gasteiger partial charge >= 0.3 is 0 Å². The Hall–Kier alpha value is -5.98. The summed E-state index contributed by atoms with van der Waals surface area (Å²) in [5.74, 6) is 0. The van der Waals surface area contributed by atoms with Crippen LogP contribution >= 0.6 is 0 Å². The van der Waals surface area contributed by atoms with Crippen LogP contribution in [0.25, 0.3) is 88.7 Å². The van der Waals surface area contributed by atoms with E-state index in [2.05, 4.69) is 182 Å². The van der Waals surface area contributed by atoms with Gasteiger partial charge in [-0.05, 0) is 107 Å². The van der Waals surface area contributed by atoms with Crippen molar-refractivity contribution in [3.63, 3.8) is 0 Å². The first kappa shape index (κ1) is 26.4. The zero-order chi connectivity index (χ0) is 30.5. The van der Waals surface area contributed by atoms with Gasteiger partial charge in [-0.15, -0.1) is 0 Å². The fourth-order valence-corrected chi connectivity index (χ4v) is 7.34. The smallest absolute Gasteiger partial charge is 0.00201 e. The maximum Gasteiger partial charge on any atom is -0.00201 e. The molecule has 0 bridgehead atoms. The third-order valence-electron chi connectivity index (χ3n) is 9.43. The van der Waals surface area contributed by atoms with Crippen LogP contribution in [0.15, 0.2) is 182 Å². The lowest BCUT2D eigenvalue weighted by Gasteiger charge is -2.20. The van der Waals surface area contributed by atoms with Gasteiger partial charge in [0, 0.05) is 0 Å². The van der Waals surface area contributed by atoms with Crippen LogP contribution in [-0.2, 0) is 0 Å². The zero-order valence-electron chi connectivity index (χ0n) is 25.3. The Morgan fingerprint density at radius 2 is 0.674 bits per heavy atom. The van der Waals surface area contributed by atoms with Gasteiger partial charge in [0.1, 0.15) is 0 Å². The monoisotopic (exact) mass is 582 g/mol. The minimum Gasteiger partial charge on any atom is -0.0622 e. The molecule has 0 amide bonds. The van der Waals surface area contributed by atoms with Gasteiger partial charge in [-0.3, -0.25) is 0 Å². The van der Waals surface area contributed by atoms with Gasteiger partial charge in [0.05, 0.1) is 0 Å². The van der Waals surface area contributed by atoms with Crippen molar-refractivity contribution in [2.45, 2.75) is 0 Å². The van der Waals surface area contributed by atoms with E-state index in [1.807, 2.05) is 0 Å². The molecule has 0 spiro atoms. The van der Waals surface area contributed by atoms with E-state index >= 15 is 0 Å². The molecule has 1 aliphatic rings. The topological polar surface area (TPSA) is 0 Å². The average Bonchev–Trinajstić information content (AvgIpc) is 3.47. The van der Waals surface area contributed by atoms with Crippen LogP contribution in [0.4, 0.5) is 0 Å². The highest BCUT2D eigenvalue weighted by Crippen LogP contribution is 2.50. The minimum absolute atomic E-state index is 1.21. The molecule has 0 unspecified atom stereocenters. The van der Waals surface area contributed by atoms with Crippen molar-refractivity contribution in [2.75, 3.05) is 0 Å². The number of benzene rings is 8. The molecule has 0 aliphatic heterocycles. The Labute approximate surface area is 269 Å². The highest BCUT2D eigenvalue weighted by atomic mass is 14.3. The van der Waals surface area contributed by atoms with Crippen LogP contribution < -0.4 is 0 Å². The summed E-state index contributed by atoms with van der Waals surface area (Å²) < 4.78 is 0. The summed E-state index contributed by atoms with van der Waals surface area (Å²) in [6.45, 7) is 0. The summed E-state index contributed by atoms with van der Waals surface area (Å²) in [6, 6.07) is 66.4. The molecule has 8 aromatic carbocycles. The first-order chi connectivity index (χ1) is 22.8. The molecule has 0 saturated heterocycles. The normalized spacial score (nSPS) is 11.5. The van der Waals surface area contributed by atoms with E-state index in [1.54, 1.807) is 0 Å². The van der Waals surface area contributed by atoms with Crippen LogP contribution in [-0.4, -0.2) is 0 Å². The quantitative estimate of drug-likeness (QED) is 0.189. The first-order valence-electron chi connectivity index (χ1n) is 15.9. The van der Waals surface area contributed by atoms with Gasteiger partial charge in [-0.2, -0.15) is 0 Å². The summed E-state index contributed by atoms with van der Waals surface area (Å²) >= 11 is 0. The predicted molar refractivity (Wildman–Crippen MR) is 196 cm³/mol. The molecule has 9 rings (SSSR count). The lowest BCUT2D eigenvalue weighted by molar-refractivity contribution is 1.54. The predicted octanol–water partition coefficient (Wildman–Crippen LogP) is 12.8. The van der Waals surface area contributed by atoms with Crippen molar-refractivity contribution < 1.29 is 0 Å². The van der Waals surface area contributed by atoms with Crippen LogP contribution in [0.5, 0.6) is 0 Å². The van der Waals surface area contributed by atoms with E-state index in [9.17, 15) is 0 Å². The largest absolute Gasteiger partial charge is 0.0622 e. The molecular weight excluding hydrogens is 553 g/mol. The molecule has 0 aromatic heterocycles. The second-order valence-electron chi connectivity index (χ2n) is 12.1. The van der Waals surface area contributed by atoms with Crippen LogP contribution in [0.1, 0.15) is 0 Å². The Morgan fingerprint density at radius 1 is 0.217 bits per heavy atom. The van der Waals surface area contributed by atoms with Gasteiger partial charge in [-0.1, -0.05) is 164 Å². The van der Waals surface area contributed by atoms with Gasteiger partial charge in [0.25, 0.3) is 0 Å². The van der Waals surface area contributed by atoms with E-state index in [0.717, 1.165) is 0 Å². The molecule has 46 heavy (non-hydrogen) atoms. The fourth-order valence-electron chi connectivity index (χ4n) is 7.34. The summed E-state index contributed by atoms with van der Waals surface area (Å²) in [5.41, 5.74) is 17.6. The lowest BCUT2D eigenvalue weighted by atomic mass is 9.84. The molecule has 8 aromatic rings. The Kier molecular flexibility index (Phi) is 6.25. The van der Waals surface area contributed by atoms with Crippen molar-refractivity contribution in [1.82, 2.24) is 0 Å². The Morgan fingerprint density at radius 3 is 1.30 bits per heavy atom. The van der Waals surface area contributed by atoms with Gasteiger partial charge in [-0.25, -0.2) is 0 Å². The average molecular weight is 583 g/mol. The molecule has 0 heterocycles. The maximum atomic E-state index is 2.39. The molecule has 0 nitrogen and oxygen atoms in total. The molecule has 0 saturated carbocycles. The highest BCUT2D eigenvalue weighted by Gasteiger charge is 2.23. The molecule has 214 valence electrons. The molecule has 0 fully saturated rings. The van der Waals surface area contributed by atoms with E-state index in [0.29, 0.717) is 0 Å². The minimum atomic E-state index is 1.21. The lowest BCUT2D eigenvalue weighted by Crippen LogP contribution is -1.93. The summed E-state index contributed by atoms with van der Waals surface area (Å²) in [5, 5.41) is 2.66. The van der Waals surface area contributed by atoms with Crippen molar-refractivity contribution >= 4 is 10.8 Å². The third kappa shape index (κ3) is 4.30. The zero-order valence-corrected chi connectivity index (χ0v) is 25.3. The fraction of sp³-hybridized carbons (Fsp3) is 0. The van der Waals surface area contributed by atoms with Crippen molar-refractivity contribution in [3.05, 3.63) is 182 Å². The molecular formula is C46H30. The summed E-state index contributed by atoms with van der Waals surface area (Å²) in [4.78, 5) is 0. The highest BCUT2D eigenvalue weighted by molar-refractivity contribution is 6.18. The second-order valence-corrected chi connectivity index (χ2v) is 12.1. The number of hydrogen-bond acceptors (Lipinski definition) is 0. The van der Waals surface area contributed by atoms with E-state index < -0.39 is 0 Å². The maximum absolute atomic E-state index is 2.39. The van der Waals surface area contributed by atoms with Crippen LogP contribution in [0, 0.1) is 0 Å². The van der Waals surface area contributed by atoms with Crippen LogP contribution in [0.2, 0.25) is 0 Å². The number of fused-ring (bicyclic) bond motifs is 3. The standard InChI is InChI=1S/C46H30/c1-4-14-31(15-5-1)36-29-43(32-16-6-2-7-17-32)45(44(30-36)33-18-8-3-9-19-33)35-21-12-20-34(28-35)37-26-27-42-39-23-11-10-22-38(39)41-25-13-24-40(37)46(41)42/h1-30H. The second kappa shape index (κ2) is 10.9. The van der Waals surface area contributed by atoms with Crippen LogP contribution in [0.3, 0.4) is 0 Å². The number of rotatable bonds is 5. The molecule has 1 aliphatic carbocycles. The number of hydrogen-bond donors (Lipinski definition) is 0. The summed E-state index contributed by atoms with van der Waals surface area (Å²) in [6.07, 6.45) is 0. The first-order valence-corrected chi connectivity index (χ1v) is 15.9. The van der Waals surface area contributed by atoms with Gasteiger partial charge < -0.3 is 0 Å². The molecule has 0 N–H and O–H groups in total. The SMILES string of the molecule is c1ccc(-c2cc(-c3ccccc3)c(-c3cccc(-c4ccc5c6c(cccc46)-c4ccccc4-5)c3)c(-c3ccccc3)c2)cc1. The van der Waals surface area contributed by atoms with E-state index in [4.69, 9.17) is 0 Å². The Balaban J connectivity index is 1.30. The molecule has 0 radical (unpaired) electrons. The van der Waals surface area contributed by atoms with E-state index in [1.165, 1.54) is 88.7 Å². The molecule has 0 heteroatoms. The van der Waals surface area contributed by atoms with Crippen molar-refractivity contribution in [2.24, 2.45) is 0 Å². The summed E-state index contributed by atoms with van der Waals surface area (Å²) in [7, 11) is 0. The Bertz CT molecular complexity index is 2290. The molecule has 0 atom stereocenters. The third-order valence-corrected chi connectivity index (χ3v) is 9.43. The van der Waals surface area contributed by atoms with E-state index in [-0.39, 0.29) is 0 Å². The van der Waals surface area contributed by atoms with Gasteiger partial charge in [0.15, 0.2) is 0 Å². The van der Waals surface area contributed by atoms with Crippen molar-refractivity contribution in [1.29, 1.82) is 0 Å². The van der Waals surface area contributed by atoms with Gasteiger partial charge in [0.2, 0.25) is 0 Å².